The summed E-state index contributed by atoms with van der Waals surface area (Å²) in [6, 6.07) is 6.26. The van der Waals surface area contributed by atoms with Crippen molar-refractivity contribution in [2.75, 3.05) is 20.8 Å². The van der Waals surface area contributed by atoms with Gasteiger partial charge in [0.15, 0.2) is 0 Å². The highest BCUT2D eigenvalue weighted by molar-refractivity contribution is 7.89. The van der Waals surface area contributed by atoms with Gasteiger partial charge < -0.3 is 14.0 Å². The number of aryl methyl sites for hydroxylation is 1. The van der Waals surface area contributed by atoms with E-state index in [2.05, 4.69) is 9.71 Å². The summed E-state index contributed by atoms with van der Waals surface area (Å²) in [5.74, 6) is 1.39. The smallest absolute Gasteiger partial charge is 0.240 e. The number of aromatic nitrogens is 2. The molecule has 1 N–H and O–H groups in total. The molecule has 1 aromatic carbocycles. The van der Waals surface area contributed by atoms with Crippen LogP contribution in [0.25, 0.3) is 0 Å². The molecule has 8 heteroatoms. The number of imidazole rings is 1. The molecule has 0 amide bonds. The van der Waals surface area contributed by atoms with Crippen molar-refractivity contribution in [1.29, 1.82) is 0 Å². The largest absolute Gasteiger partial charge is 0.497 e. The summed E-state index contributed by atoms with van der Waals surface area (Å²) in [6.07, 6.45) is 1.74. The predicted molar refractivity (Wildman–Crippen MR) is 85.9 cm³/mol. The van der Waals surface area contributed by atoms with Crippen LogP contribution in [0, 0.1) is 6.92 Å². The molecule has 0 bridgehead atoms. The van der Waals surface area contributed by atoms with Crippen LogP contribution in [0.5, 0.6) is 5.75 Å². The highest BCUT2D eigenvalue weighted by Gasteiger charge is 2.14. The monoisotopic (exact) mass is 339 g/mol. The molecule has 0 fully saturated rings. The van der Waals surface area contributed by atoms with Crippen LogP contribution in [-0.4, -0.2) is 38.7 Å². The predicted octanol–water partition coefficient (Wildman–Crippen LogP) is 1.33. The van der Waals surface area contributed by atoms with Gasteiger partial charge in [-0.3, -0.25) is 0 Å². The maximum absolute atomic E-state index is 12.3. The van der Waals surface area contributed by atoms with E-state index < -0.39 is 10.0 Å². The summed E-state index contributed by atoms with van der Waals surface area (Å²) in [4.78, 5) is 4.45. The Labute approximate surface area is 136 Å². The van der Waals surface area contributed by atoms with Gasteiger partial charge >= 0.3 is 0 Å². The number of rotatable bonds is 8. The molecule has 7 nitrogen and oxygen atoms in total. The van der Waals surface area contributed by atoms with Crippen LogP contribution < -0.4 is 9.46 Å². The molecule has 0 radical (unpaired) electrons. The maximum atomic E-state index is 12.3. The number of sulfonamides is 1. The third kappa shape index (κ3) is 4.31. The van der Waals surface area contributed by atoms with E-state index in [1.807, 2.05) is 11.5 Å². The number of methoxy groups -OCH3 is 2. The van der Waals surface area contributed by atoms with Crippen LogP contribution in [0.1, 0.15) is 11.5 Å². The van der Waals surface area contributed by atoms with Crippen molar-refractivity contribution in [2.24, 2.45) is 0 Å². The number of ether oxygens (including phenoxy) is 2. The van der Waals surface area contributed by atoms with E-state index in [9.17, 15) is 8.42 Å². The van der Waals surface area contributed by atoms with Crippen LogP contribution >= 0.6 is 0 Å². The molecular weight excluding hydrogens is 318 g/mol. The molecule has 2 rings (SSSR count). The summed E-state index contributed by atoms with van der Waals surface area (Å²) in [6.45, 7) is 3.06. The van der Waals surface area contributed by atoms with Gasteiger partial charge in [-0.1, -0.05) is 0 Å². The summed E-state index contributed by atoms with van der Waals surface area (Å²) >= 11 is 0. The molecule has 0 aliphatic carbocycles. The Morgan fingerprint density at radius 1 is 1.22 bits per heavy atom. The van der Waals surface area contributed by atoms with Crippen molar-refractivity contribution in [3.05, 3.63) is 42.0 Å². The molecule has 2 aromatic rings. The average Bonchev–Trinajstić information content (AvgIpc) is 2.88. The lowest BCUT2D eigenvalue weighted by atomic mass is 10.3. The van der Waals surface area contributed by atoms with Crippen LogP contribution in [0.3, 0.4) is 0 Å². The lowest BCUT2D eigenvalue weighted by Gasteiger charge is -2.11. The number of nitrogens with zero attached hydrogens (tertiary/aromatic N) is 2. The molecule has 0 saturated carbocycles. The fourth-order valence-electron chi connectivity index (χ4n) is 2.19. The fraction of sp³-hybridized carbons (Fsp3) is 0.400. The van der Waals surface area contributed by atoms with E-state index in [0.29, 0.717) is 18.9 Å². The topological polar surface area (TPSA) is 82.5 Å². The summed E-state index contributed by atoms with van der Waals surface area (Å²) < 4.78 is 39.1. The van der Waals surface area contributed by atoms with Crippen LogP contribution in [0.4, 0.5) is 0 Å². The second-order valence-electron chi connectivity index (χ2n) is 4.97. The van der Waals surface area contributed by atoms with Gasteiger partial charge in [0.1, 0.15) is 18.2 Å². The molecule has 1 aromatic heterocycles. The summed E-state index contributed by atoms with van der Waals surface area (Å²) in [7, 11) is -0.415. The second-order valence-corrected chi connectivity index (χ2v) is 6.74. The Balaban J connectivity index is 2.01. The van der Waals surface area contributed by atoms with Crippen molar-refractivity contribution in [3.63, 3.8) is 0 Å². The van der Waals surface area contributed by atoms with Crippen LogP contribution in [-0.2, 0) is 27.9 Å². The highest BCUT2D eigenvalue weighted by atomic mass is 32.2. The van der Waals surface area contributed by atoms with E-state index in [4.69, 9.17) is 9.47 Å². The molecule has 0 aliphatic heterocycles. The zero-order valence-corrected chi connectivity index (χ0v) is 14.3. The third-order valence-corrected chi connectivity index (χ3v) is 4.89. The number of benzene rings is 1. The van der Waals surface area contributed by atoms with Crippen molar-refractivity contribution in [2.45, 2.75) is 25.0 Å². The number of hydrogen-bond donors (Lipinski definition) is 1. The Bertz CT molecular complexity index is 739. The van der Waals surface area contributed by atoms with Crippen molar-refractivity contribution < 1.29 is 17.9 Å². The number of nitrogens with one attached hydrogen (secondary N) is 1. The van der Waals surface area contributed by atoms with Gasteiger partial charge in [0.2, 0.25) is 10.0 Å². The second kappa shape index (κ2) is 7.58. The van der Waals surface area contributed by atoms with E-state index in [-0.39, 0.29) is 11.4 Å². The Kier molecular flexibility index (Phi) is 5.75. The van der Waals surface area contributed by atoms with Gasteiger partial charge in [0.05, 0.1) is 12.0 Å². The molecule has 0 aliphatic rings. The Morgan fingerprint density at radius 2 is 1.91 bits per heavy atom. The van der Waals surface area contributed by atoms with Gasteiger partial charge in [-0.15, -0.1) is 0 Å². The first-order chi connectivity index (χ1) is 11.0. The molecule has 0 atom stereocenters. The molecule has 23 heavy (non-hydrogen) atoms. The first-order valence-corrected chi connectivity index (χ1v) is 8.60. The van der Waals surface area contributed by atoms with E-state index in [0.717, 1.165) is 11.5 Å². The van der Waals surface area contributed by atoms with Gasteiger partial charge in [0.25, 0.3) is 0 Å². The van der Waals surface area contributed by atoms with Crippen LogP contribution in [0.15, 0.2) is 35.4 Å². The van der Waals surface area contributed by atoms with Gasteiger partial charge in [-0.05, 0) is 31.2 Å². The van der Waals surface area contributed by atoms with Gasteiger partial charge in [0, 0.05) is 32.1 Å². The average molecular weight is 339 g/mol. The maximum Gasteiger partial charge on any atom is 0.240 e. The third-order valence-electron chi connectivity index (χ3n) is 3.41. The molecule has 1 heterocycles. The SMILES string of the molecule is COCc1ncc(C)n1CCNS(=O)(=O)c1ccc(OC)cc1. The van der Waals surface area contributed by atoms with Crippen LogP contribution in [0.2, 0.25) is 0 Å². The minimum atomic E-state index is -3.55. The van der Waals surface area contributed by atoms with Crippen molar-refractivity contribution >= 4 is 10.0 Å². The zero-order valence-electron chi connectivity index (χ0n) is 13.4. The van der Waals surface area contributed by atoms with Crippen molar-refractivity contribution in [1.82, 2.24) is 14.3 Å². The first-order valence-electron chi connectivity index (χ1n) is 7.11. The molecule has 0 unspecified atom stereocenters. The van der Waals surface area contributed by atoms with Crippen molar-refractivity contribution in [3.8, 4) is 5.75 Å². The zero-order chi connectivity index (χ0) is 16.9. The molecular formula is C15H21N3O4S. The van der Waals surface area contributed by atoms with Gasteiger partial charge in [-0.2, -0.15) is 0 Å². The van der Waals surface area contributed by atoms with Gasteiger partial charge in [-0.25, -0.2) is 18.1 Å². The molecule has 126 valence electrons. The lowest BCUT2D eigenvalue weighted by Crippen LogP contribution is -2.28. The minimum Gasteiger partial charge on any atom is -0.497 e. The summed E-state index contributed by atoms with van der Waals surface area (Å²) in [5, 5.41) is 0. The fourth-order valence-corrected chi connectivity index (χ4v) is 3.21. The molecule has 0 saturated heterocycles. The minimum absolute atomic E-state index is 0.206. The number of hydrogen-bond acceptors (Lipinski definition) is 5. The lowest BCUT2D eigenvalue weighted by molar-refractivity contribution is 0.174. The standard InChI is InChI=1S/C15H21N3O4S/c1-12-10-16-15(11-21-2)18(12)9-8-17-23(19,20)14-6-4-13(22-3)5-7-14/h4-7,10,17H,8-9,11H2,1-3H3. The normalized spacial score (nSPS) is 11.6. The van der Waals surface area contributed by atoms with E-state index >= 15 is 0 Å². The van der Waals surface area contributed by atoms with E-state index in [1.54, 1.807) is 25.4 Å². The Hall–Kier alpha value is -1.90. The van der Waals surface area contributed by atoms with E-state index in [1.165, 1.54) is 19.2 Å². The quantitative estimate of drug-likeness (QED) is 0.784. The Morgan fingerprint density at radius 3 is 2.52 bits per heavy atom. The highest BCUT2D eigenvalue weighted by Crippen LogP contribution is 2.15. The summed E-state index contributed by atoms with van der Waals surface area (Å²) in [5.41, 5.74) is 0.959. The first kappa shape index (κ1) is 17.5. The molecule has 0 spiro atoms.